The number of aliphatic hydroxyl groups excluding tert-OH is 1. The standard InChI is InChI=1S/C44H77NO9/c1-3-5-7-9-11-13-28-49-41(50-29-14-12-10-8-6-4-2)24-23-40(48)52-38-21-16-33-30-36(38)37(45(31-33)26-15-27-46)32-51-39(47)22-25-42-53-43-34-17-18-35(20-19-34)44(43)54-42/h33-38,41-44,46H,3-32H2,1-2H3/t33?,34?,35?,36?,37-,38-,42?,43?,44?/m1/s1. The molecular formula is C44H77NO9. The van der Waals surface area contributed by atoms with E-state index < -0.39 is 6.29 Å². The zero-order valence-corrected chi connectivity index (χ0v) is 34.1. The number of hydrogen-bond acceptors (Lipinski definition) is 10. The fourth-order valence-electron chi connectivity index (χ4n) is 10.1. The molecule has 54 heavy (non-hydrogen) atoms. The predicted molar refractivity (Wildman–Crippen MR) is 209 cm³/mol. The van der Waals surface area contributed by atoms with Gasteiger partial charge in [-0.05, 0) is 82.0 Å². The van der Waals surface area contributed by atoms with Crippen molar-refractivity contribution in [2.24, 2.45) is 23.7 Å². The summed E-state index contributed by atoms with van der Waals surface area (Å²) in [6.45, 7) is 7.81. The van der Waals surface area contributed by atoms with Crippen LogP contribution in [0.1, 0.15) is 168 Å². The third-order valence-corrected chi connectivity index (χ3v) is 13.2. The van der Waals surface area contributed by atoms with Gasteiger partial charge in [0.1, 0.15) is 12.7 Å². The summed E-state index contributed by atoms with van der Waals surface area (Å²) in [6, 6.07) is -0.0543. The minimum absolute atomic E-state index is 0.0543. The summed E-state index contributed by atoms with van der Waals surface area (Å²) < 4.78 is 37.2. The molecule has 4 unspecified atom stereocenters. The largest absolute Gasteiger partial charge is 0.464 e. The van der Waals surface area contributed by atoms with Crippen LogP contribution in [0.4, 0.5) is 0 Å². The van der Waals surface area contributed by atoms with Crippen LogP contribution >= 0.6 is 0 Å². The fraction of sp³-hybridized carbons (Fsp3) is 0.955. The van der Waals surface area contributed by atoms with E-state index in [9.17, 15) is 14.7 Å². The van der Waals surface area contributed by atoms with E-state index in [2.05, 4.69) is 18.7 Å². The number of esters is 2. The van der Waals surface area contributed by atoms with Crippen molar-refractivity contribution >= 4 is 11.9 Å². The molecule has 0 aromatic heterocycles. The molecule has 0 amide bonds. The van der Waals surface area contributed by atoms with Crippen molar-refractivity contribution in [3.63, 3.8) is 0 Å². The lowest BCUT2D eigenvalue weighted by atomic mass is 9.67. The number of aliphatic hydroxyl groups is 1. The highest BCUT2D eigenvalue weighted by Crippen LogP contribution is 2.48. The van der Waals surface area contributed by atoms with Crippen molar-refractivity contribution < 1.29 is 43.1 Å². The normalized spacial score (nSPS) is 30.5. The molecule has 0 aromatic rings. The zero-order valence-electron chi connectivity index (χ0n) is 34.1. The lowest BCUT2D eigenvalue weighted by molar-refractivity contribution is -0.172. The van der Waals surface area contributed by atoms with Gasteiger partial charge >= 0.3 is 11.9 Å². The Morgan fingerprint density at radius 1 is 0.741 bits per heavy atom. The molecule has 2 saturated heterocycles. The molecule has 4 aliphatic carbocycles. The molecule has 6 aliphatic rings. The number of ether oxygens (including phenoxy) is 6. The average molecular weight is 764 g/mol. The van der Waals surface area contributed by atoms with E-state index >= 15 is 0 Å². The summed E-state index contributed by atoms with van der Waals surface area (Å²) in [5.74, 6) is 1.35. The van der Waals surface area contributed by atoms with Crippen molar-refractivity contribution in [1.82, 2.24) is 4.90 Å². The van der Waals surface area contributed by atoms with Crippen molar-refractivity contribution in [2.75, 3.05) is 39.5 Å². The van der Waals surface area contributed by atoms with Crippen molar-refractivity contribution in [3.8, 4) is 0 Å². The van der Waals surface area contributed by atoms with Gasteiger partial charge in [0.2, 0.25) is 0 Å². The molecule has 0 spiro atoms. The third kappa shape index (κ3) is 14.0. The van der Waals surface area contributed by atoms with Crippen LogP contribution in [0.25, 0.3) is 0 Å². The molecule has 312 valence electrons. The number of unbranched alkanes of at least 4 members (excludes halogenated alkanes) is 10. The van der Waals surface area contributed by atoms with Crippen molar-refractivity contribution in [3.05, 3.63) is 0 Å². The Morgan fingerprint density at radius 2 is 1.35 bits per heavy atom. The Balaban J connectivity index is 1.08. The Bertz CT molecular complexity index is 1020. The van der Waals surface area contributed by atoms with Crippen LogP contribution in [0.2, 0.25) is 0 Å². The summed E-state index contributed by atoms with van der Waals surface area (Å²) in [6.07, 6.45) is 23.8. The molecule has 4 bridgehead atoms. The van der Waals surface area contributed by atoms with Crippen LogP contribution in [-0.4, -0.2) is 98.4 Å². The molecule has 10 nitrogen and oxygen atoms in total. The first-order valence-corrected chi connectivity index (χ1v) is 22.7. The average Bonchev–Trinajstić information content (AvgIpc) is 3.65. The molecule has 6 rings (SSSR count). The molecule has 4 saturated carbocycles. The maximum atomic E-state index is 13.4. The summed E-state index contributed by atoms with van der Waals surface area (Å²) >= 11 is 0. The van der Waals surface area contributed by atoms with Gasteiger partial charge in [-0.1, -0.05) is 78.1 Å². The first kappa shape index (κ1) is 43.8. The van der Waals surface area contributed by atoms with Gasteiger partial charge in [-0.25, -0.2) is 0 Å². The smallest absolute Gasteiger partial charge is 0.306 e. The van der Waals surface area contributed by atoms with Gasteiger partial charge in [-0.15, -0.1) is 0 Å². The first-order valence-electron chi connectivity index (χ1n) is 22.7. The van der Waals surface area contributed by atoms with Gasteiger partial charge in [0.15, 0.2) is 12.6 Å². The lowest BCUT2D eigenvalue weighted by Crippen LogP contribution is -2.57. The molecule has 0 aromatic carbocycles. The fourth-order valence-corrected chi connectivity index (χ4v) is 10.1. The number of carbonyl (C=O) groups excluding carboxylic acids is 2. The second kappa shape index (κ2) is 24.5. The SMILES string of the molecule is CCCCCCCCOC(CCC(=O)O[C@@H]1CCC2CC1[C@@H](COC(=O)CCC1OC3C4CCC(CC4)C3O1)N(CCCO)C2)OCCCCCCCC. The number of likely N-dealkylation sites (tertiary alicyclic amines) is 1. The van der Waals surface area contributed by atoms with Crippen LogP contribution in [-0.2, 0) is 38.0 Å². The number of hydrogen-bond donors (Lipinski definition) is 1. The van der Waals surface area contributed by atoms with Crippen LogP contribution < -0.4 is 0 Å². The van der Waals surface area contributed by atoms with Gasteiger partial charge < -0.3 is 33.5 Å². The van der Waals surface area contributed by atoms with Crippen molar-refractivity contribution in [1.29, 1.82) is 0 Å². The second-order valence-corrected chi connectivity index (χ2v) is 17.3. The molecular weight excluding hydrogens is 686 g/mol. The summed E-state index contributed by atoms with van der Waals surface area (Å²) in [5.41, 5.74) is 0. The summed E-state index contributed by atoms with van der Waals surface area (Å²) in [7, 11) is 0. The van der Waals surface area contributed by atoms with Gasteiger partial charge in [0, 0.05) is 51.7 Å². The van der Waals surface area contributed by atoms with Gasteiger partial charge in [0.25, 0.3) is 0 Å². The topological polar surface area (TPSA) is 113 Å². The van der Waals surface area contributed by atoms with Crippen LogP contribution in [0.15, 0.2) is 0 Å². The molecule has 6 atom stereocenters. The summed E-state index contributed by atoms with van der Waals surface area (Å²) in [5, 5.41) is 9.66. The van der Waals surface area contributed by atoms with Crippen LogP contribution in [0, 0.1) is 23.7 Å². The van der Waals surface area contributed by atoms with Crippen LogP contribution in [0.3, 0.4) is 0 Å². The molecule has 6 fully saturated rings. The van der Waals surface area contributed by atoms with Gasteiger partial charge in [-0.3, -0.25) is 14.5 Å². The van der Waals surface area contributed by atoms with Crippen LogP contribution in [0.5, 0.6) is 0 Å². The number of piperidine rings is 1. The number of nitrogens with zero attached hydrogens (tertiary/aromatic N) is 1. The van der Waals surface area contributed by atoms with Gasteiger partial charge in [0.05, 0.1) is 31.1 Å². The Labute approximate surface area is 327 Å². The highest BCUT2D eigenvalue weighted by Gasteiger charge is 2.51. The first-order chi connectivity index (χ1) is 26.5. The monoisotopic (exact) mass is 764 g/mol. The lowest BCUT2D eigenvalue weighted by Gasteiger charge is -2.50. The minimum atomic E-state index is -0.394. The number of fused-ring (bicyclic) bond motifs is 4. The second-order valence-electron chi connectivity index (χ2n) is 17.3. The van der Waals surface area contributed by atoms with E-state index in [1.807, 2.05) is 0 Å². The minimum Gasteiger partial charge on any atom is -0.464 e. The number of rotatable bonds is 28. The van der Waals surface area contributed by atoms with Gasteiger partial charge in [-0.2, -0.15) is 0 Å². The van der Waals surface area contributed by atoms with E-state index in [-0.39, 0.29) is 74.6 Å². The Hall–Kier alpha value is -1.30. The Kier molecular flexibility index (Phi) is 19.9. The molecule has 0 radical (unpaired) electrons. The molecule has 2 aliphatic heterocycles. The molecule has 2 heterocycles. The quantitative estimate of drug-likeness (QED) is 0.0473. The van der Waals surface area contributed by atoms with E-state index in [1.54, 1.807) is 0 Å². The van der Waals surface area contributed by atoms with E-state index in [1.165, 1.54) is 77.0 Å². The zero-order chi connectivity index (χ0) is 38.0. The predicted octanol–water partition coefficient (Wildman–Crippen LogP) is 8.50. The summed E-state index contributed by atoms with van der Waals surface area (Å²) in [4.78, 5) is 28.9. The number of carbonyl (C=O) groups is 2. The highest BCUT2D eigenvalue weighted by atomic mass is 16.7. The molecule has 10 heteroatoms. The molecule has 1 N–H and O–H groups in total. The highest BCUT2D eigenvalue weighted by molar-refractivity contribution is 5.70. The van der Waals surface area contributed by atoms with E-state index in [4.69, 9.17) is 28.4 Å². The van der Waals surface area contributed by atoms with Crippen molar-refractivity contribution in [2.45, 2.75) is 205 Å². The maximum Gasteiger partial charge on any atom is 0.306 e. The third-order valence-electron chi connectivity index (χ3n) is 13.2. The maximum absolute atomic E-state index is 13.4. The van der Waals surface area contributed by atoms with E-state index in [0.717, 1.165) is 58.0 Å². The Morgan fingerprint density at radius 3 is 1.96 bits per heavy atom. The van der Waals surface area contributed by atoms with E-state index in [0.29, 0.717) is 50.2 Å².